The number of nitrogens with one attached hydrogen (secondary N) is 1. The van der Waals surface area contributed by atoms with Crippen molar-refractivity contribution in [3.8, 4) is 0 Å². The predicted molar refractivity (Wildman–Crippen MR) is 121 cm³/mol. The van der Waals surface area contributed by atoms with E-state index < -0.39 is 0 Å². The first kappa shape index (κ1) is 24.6. The van der Waals surface area contributed by atoms with Crippen LogP contribution in [0.15, 0.2) is 18.2 Å². The minimum atomic E-state index is -0.390. The van der Waals surface area contributed by atoms with Crippen molar-refractivity contribution in [2.45, 2.75) is 51.6 Å². The molecule has 27 heavy (non-hydrogen) atoms. The Balaban J connectivity index is 0.00000182. The summed E-state index contributed by atoms with van der Waals surface area (Å²) in [6.45, 7) is 7.40. The van der Waals surface area contributed by atoms with Crippen LogP contribution in [0.3, 0.4) is 0 Å². The van der Waals surface area contributed by atoms with Gasteiger partial charge in [-0.15, -0.1) is 24.8 Å². The molecule has 1 saturated carbocycles. The molecule has 1 aliphatic carbocycles. The lowest BCUT2D eigenvalue weighted by Crippen LogP contribution is -2.51. The van der Waals surface area contributed by atoms with Crippen molar-refractivity contribution in [3.05, 3.63) is 29.3 Å². The normalized spacial score (nSPS) is 25.8. The number of benzene rings is 1. The Morgan fingerprint density at radius 2 is 2.00 bits per heavy atom. The van der Waals surface area contributed by atoms with Crippen LogP contribution in [-0.4, -0.2) is 40.9 Å². The summed E-state index contributed by atoms with van der Waals surface area (Å²) < 4.78 is 0. The molecule has 1 aromatic carbocycles. The van der Waals surface area contributed by atoms with E-state index in [2.05, 4.69) is 29.3 Å². The van der Waals surface area contributed by atoms with Crippen molar-refractivity contribution in [1.82, 2.24) is 4.90 Å². The van der Waals surface area contributed by atoms with Crippen LogP contribution in [0.2, 0.25) is 0 Å². The maximum Gasteiger partial charge on any atom is 0.229 e. The lowest BCUT2D eigenvalue weighted by molar-refractivity contribution is -0.122. The zero-order chi connectivity index (χ0) is 17.9. The fourth-order valence-corrected chi connectivity index (χ4v) is 4.98. The Bertz CT molecular complexity index is 621. The van der Waals surface area contributed by atoms with Gasteiger partial charge >= 0.3 is 0 Å². The molecule has 3 rings (SSSR count). The van der Waals surface area contributed by atoms with E-state index in [9.17, 15) is 4.79 Å². The second-order valence-electron chi connectivity index (χ2n) is 7.77. The van der Waals surface area contributed by atoms with E-state index in [4.69, 9.17) is 5.73 Å². The molecule has 4 nitrogen and oxygen atoms in total. The highest BCUT2D eigenvalue weighted by molar-refractivity contribution is 7.99. The minimum Gasteiger partial charge on any atom is -0.326 e. The summed E-state index contributed by atoms with van der Waals surface area (Å²) in [4.78, 5) is 15.3. The standard InChI is InChI=1S/C20H31N3OS.2ClH/c1-15-16(14-23-10-12-25-13-11-23)6-5-8-18(15)22-19(24)17-7-3-4-9-20(17,2)21;;/h5-6,8,17H,3-4,7,9-14,21H2,1-2H3,(H,22,24);2*1H. The molecule has 7 heteroatoms. The number of hydrogen-bond acceptors (Lipinski definition) is 4. The van der Waals surface area contributed by atoms with E-state index >= 15 is 0 Å². The molecule has 0 bridgehead atoms. The number of nitrogens with zero attached hydrogens (tertiary/aromatic N) is 1. The maximum absolute atomic E-state index is 12.8. The monoisotopic (exact) mass is 433 g/mol. The van der Waals surface area contributed by atoms with Crippen LogP contribution in [-0.2, 0) is 11.3 Å². The molecule has 1 amide bonds. The van der Waals surface area contributed by atoms with Crippen LogP contribution in [0.25, 0.3) is 0 Å². The van der Waals surface area contributed by atoms with E-state index in [1.807, 2.05) is 24.8 Å². The van der Waals surface area contributed by atoms with Gasteiger partial charge in [0.25, 0.3) is 0 Å². The zero-order valence-electron chi connectivity index (χ0n) is 16.3. The molecule has 1 heterocycles. The van der Waals surface area contributed by atoms with Crippen molar-refractivity contribution in [2.24, 2.45) is 11.7 Å². The number of carbonyl (C=O) groups is 1. The van der Waals surface area contributed by atoms with Gasteiger partial charge in [-0.1, -0.05) is 25.0 Å². The topological polar surface area (TPSA) is 58.4 Å². The zero-order valence-corrected chi connectivity index (χ0v) is 18.8. The van der Waals surface area contributed by atoms with Crippen molar-refractivity contribution in [2.75, 3.05) is 29.9 Å². The lowest BCUT2D eigenvalue weighted by Gasteiger charge is -2.37. The highest BCUT2D eigenvalue weighted by atomic mass is 35.5. The molecule has 0 aromatic heterocycles. The van der Waals surface area contributed by atoms with Crippen LogP contribution in [0.1, 0.15) is 43.7 Å². The average molecular weight is 434 g/mol. The molecule has 2 unspecified atom stereocenters. The second-order valence-corrected chi connectivity index (χ2v) is 9.00. The van der Waals surface area contributed by atoms with Crippen LogP contribution >= 0.6 is 36.6 Å². The number of amides is 1. The SMILES string of the molecule is Cc1c(CN2CCSCC2)cccc1NC(=O)C1CCCCC1(C)N.Cl.Cl. The molecule has 2 atom stereocenters. The molecule has 0 radical (unpaired) electrons. The van der Waals surface area contributed by atoms with Gasteiger partial charge in [0.15, 0.2) is 0 Å². The highest BCUT2D eigenvalue weighted by Gasteiger charge is 2.37. The Kier molecular flexibility index (Phi) is 9.93. The summed E-state index contributed by atoms with van der Waals surface area (Å²) in [5, 5.41) is 3.17. The maximum atomic E-state index is 12.8. The van der Waals surface area contributed by atoms with E-state index in [1.54, 1.807) is 0 Å². The first-order valence-electron chi connectivity index (χ1n) is 9.46. The number of thioether (sulfide) groups is 1. The molecule has 1 saturated heterocycles. The van der Waals surface area contributed by atoms with Gasteiger partial charge in [0.05, 0.1) is 5.92 Å². The fourth-order valence-electron chi connectivity index (χ4n) is 4.00. The molecule has 1 aliphatic heterocycles. The van der Waals surface area contributed by atoms with Crippen molar-refractivity contribution in [1.29, 1.82) is 0 Å². The third-order valence-corrected chi connectivity index (χ3v) is 6.71. The van der Waals surface area contributed by atoms with Crippen LogP contribution in [0.5, 0.6) is 0 Å². The fraction of sp³-hybridized carbons (Fsp3) is 0.650. The highest BCUT2D eigenvalue weighted by Crippen LogP contribution is 2.33. The Labute approximate surface area is 180 Å². The first-order valence-corrected chi connectivity index (χ1v) is 10.6. The van der Waals surface area contributed by atoms with Gasteiger partial charge in [0, 0.05) is 42.4 Å². The van der Waals surface area contributed by atoms with Gasteiger partial charge in [-0.25, -0.2) is 0 Å². The van der Waals surface area contributed by atoms with Crippen molar-refractivity contribution >= 4 is 48.2 Å². The van der Waals surface area contributed by atoms with E-state index in [0.29, 0.717) is 0 Å². The summed E-state index contributed by atoms with van der Waals surface area (Å²) in [5.41, 5.74) is 9.44. The number of hydrogen-bond donors (Lipinski definition) is 2. The van der Waals surface area contributed by atoms with Gasteiger partial charge in [0.2, 0.25) is 5.91 Å². The molecule has 0 spiro atoms. The summed E-state index contributed by atoms with van der Waals surface area (Å²) in [6.07, 6.45) is 4.04. The van der Waals surface area contributed by atoms with Crippen LogP contribution in [0, 0.1) is 12.8 Å². The van der Waals surface area contributed by atoms with E-state index in [1.165, 1.54) is 22.6 Å². The van der Waals surface area contributed by atoms with Gasteiger partial charge in [-0.05, 0) is 43.9 Å². The molecular weight excluding hydrogens is 401 g/mol. The van der Waals surface area contributed by atoms with Gasteiger partial charge in [-0.2, -0.15) is 11.8 Å². The number of anilines is 1. The number of nitrogens with two attached hydrogens (primary N) is 1. The summed E-state index contributed by atoms with van der Waals surface area (Å²) >= 11 is 2.03. The summed E-state index contributed by atoms with van der Waals surface area (Å²) in [7, 11) is 0. The van der Waals surface area contributed by atoms with Crippen LogP contribution < -0.4 is 11.1 Å². The Morgan fingerprint density at radius 1 is 1.30 bits per heavy atom. The molecule has 3 N–H and O–H groups in total. The van der Waals surface area contributed by atoms with Crippen LogP contribution in [0.4, 0.5) is 5.69 Å². The van der Waals surface area contributed by atoms with Gasteiger partial charge in [-0.3, -0.25) is 9.69 Å². The minimum absolute atomic E-state index is 0. The Hall–Kier alpha value is -0.460. The van der Waals surface area contributed by atoms with Crippen molar-refractivity contribution in [3.63, 3.8) is 0 Å². The van der Waals surface area contributed by atoms with Gasteiger partial charge in [0.1, 0.15) is 0 Å². The number of carbonyl (C=O) groups excluding carboxylic acids is 1. The average Bonchev–Trinajstić information content (AvgIpc) is 2.59. The summed E-state index contributed by atoms with van der Waals surface area (Å²) in [6, 6.07) is 6.25. The molecule has 1 aromatic rings. The Morgan fingerprint density at radius 3 is 2.67 bits per heavy atom. The van der Waals surface area contributed by atoms with E-state index in [0.717, 1.165) is 51.0 Å². The second kappa shape index (κ2) is 10.9. The van der Waals surface area contributed by atoms with Crippen molar-refractivity contribution < 1.29 is 4.79 Å². The molecule has 2 fully saturated rings. The van der Waals surface area contributed by atoms with E-state index in [-0.39, 0.29) is 42.2 Å². The smallest absolute Gasteiger partial charge is 0.229 e. The first-order chi connectivity index (χ1) is 12.0. The molecule has 154 valence electrons. The molecular formula is C20H33Cl2N3OS. The number of rotatable bonds is 4. The quantitative estimate of drug-likeness (QED) is 0.745. The lowest BCUT2D eigenvalue weighted by atomic mass is 9.74. The van der Waals surface area contributed by atoms with Gasteiger partial charge < -0.3 is 11.1 Å². The molecule has 2 aliphatic rings. The largest absolute Gasteiger partial charge is 0.326 e. The predicted octanol–water partition coefficient (Wildman–Crippen LogP) is 4.23. The third-order valence-electron chi connectivity index (χ3n) is 5.77. The third kappa shape index (κ3) is 6.26. The number of halogens is 2. The summed E-state index contributed by atoms with van der Waals surface area (Å²) in [5.74, 6) is 2.42.